The van der Waals surface area contributed by atoms with Gasteiger partial charge in [0, 0.05) is 30.8 Å². The van der Waals surface area contributed by atoms with Gasteiger partial charge in [0.2, 0.25) is 5.91 Å². The second-order valence-corrected chi connectivity index (χ2v) is 4.97. The van der Waals surface area contributed by atoms with Crippen molar-refractivity contribution in [2.45, 2.75) is 25.9 Å². The molecule has 7 heteroatoms. The van der Waals surface area contributed by atoms with E-state index in [1.54, 1.807) is 0 Å². The van der Waals surface area contributed by atoms with Gasteiger partial charge in [-0.1, -0.05) is 6.92 Å². The van der Waals surface area contributed by atoms with Gasteiger partial charge in [0.05, 0.1) is 6.04 Å². The van der Waals surface area contributed by atoms with Crippen LogP contribution in [0.3, 0.4) is 0 Å². The molecule has 0 aliphatic carbocycles. The van der Waals surface area contributed by atoms with Crippen LogP contribution in [0.4, 0.5) is 4.39 Å². The molecule has 0 aromatic heterocycles. The number of piperazine rings is 1. The van der Waals surface area contributed by atoms with Crippen molar-refractivity contribution in [2.24, 2.45) is 5.84 Å². The number of benzene rings is 1. The van der Waals surface area contributed by atoms with Gasteiger partial charge < -0.3 is 5.32 Å². The summed E-state index contributed by atoms with van der Waals surface area (Å²) >= 11 is 0. The Kier molecular flexibility index (Phi) is 4.87. The van der Waals surface area contributed by atoms with E-state index in [0.717, 1.165) is 0 Å². The van der Waals surface area contributed by atoms with Crippen LogP contribution < -0.4 is 16.6 Å². The van der Waals surface area contributed by atoms with Crippen LogP contribution >= 0.6 is 0 Å². The monoisotopic (exact) mass is 294 g/mol. The fraction of sp³-hybridized carbons (Fsp3) is 0.429. The highest BCUT2D eigenvalue weighted by atomic mass is 19.1. The zero-order valence-electron chi connectivity index (χ0n) is 11.9. The van der Waals surface area contributed by atoms with E-state index >= 15 is 0 Å². The van der Waals surface area contributed by atoms with Gasteiger partial charge in [-0.25, -0.2) is 10.2 Å². The van der Waals surface area contributed by atoms with E-state index in [-0.39, 0.29) is 18.5 Å². The molecule has 1 unspecified atom stereocenters. The van der Waals surface area contributed by atoms with Crippen molar-refractivity contribution in [3.63, 3.8) is 0 Å². The predicted octanol–water partition coefficient (Wildman–Crippen LogP) is 0.140. The van der Waals surface area contributed by atoms with Crippen molar-refractivity contribution in [1.29, 1.82) is 0 Å². The molecule has 1 aliphatic rings. The molecule has 21 heavy (non-hydrogen) atoms. The van der Waals surface area contributed by atoms with Crippen LogP contribution in [-0.2, 0) is 11.3 Å². The zero-order valence-corrected chi connectivity index (χ0v) is 11.9. The Hall–Kier alpha value is -1.99. The molecule has 1 aliphatic heterocycles. The van der Waals surface area contributed by atoms with Crippen molar-refractivity contribution in [3.8, 4) is 0 Å². The fourth-order valence-corrected chi connectivity index (χ4v) is 2.53. The molecule has 1 aromatic rings. The summed E-state index contributed by atoms with van der Waals surface area (Å²) in [4.78, 5) is 25.2. The highest BCUT2D eigenvalue weighted by Gasteiger charge is 2.28. The van der Waals surface area contributed by atoms with E-state index in [9.17, 15) is 14.0 Å². The van der Waals surface area contributed by atoms with Gasteiger partial charge >= 0.3 is 0 Å². The molecular formula is C14H19FN4O2. The number of rotatable bonds is 4. The number of hydrazine groups is 1. The third-order valence-electron chi connectivity index (χ3n) is 3.64. The number of carbonyl (C=O) groups is 2. The molecule has 1 saturated heterocycles. The summed E-state index contributed by atoms with van der Waals surface area (Å²) in [6, 6.07) is 3.81. The Morgan fingerprint density at radius 3 is 3.00 bits per heavy atom. The fourth-order valence-electron chi connectivity index (χ4n) is 2.53. The quantitative estimate of drug-likeness (QED) is 0.419. The zero-order chi connectivity index (χ0) is 15.4. The average Bonchev–Trinajstić information content (AvgIpc) is 2.49. The third-order valence-corrected chi connectivity index (χ3v) is 3.64. The number of nitrogen functional groups attached to an aromatic ring is 1. The highest BCUT2D eigenvalue weighted by molar-refractivity contribution is 5.93. The summed E-state index contributed by atoms with van der Waals surface area (Å²) < 4.78 is 13.9. The molecule has 1 aromatic carbocycles. The normalized spacial score (nSPS) is 19.2. The molecule has 0 radical (unpaired) electrons. The summed E-state index contributed by atoms with van der Waals surface area (Å²) in [7, 11) is 0. The van der Waals surface area contributed by atoms with Crippen LogP contribution in [0.15, 0.2) is 18.2 Å². The summed E-state index contributed by atoms with van der Waals surface area (Å²) in [5.41, 5.74) is 2.69. The predicted molar refractivity (Wildman–Crippen MR) is 75.6 cm³/mol. The lowest BCUT2D eigenvalue weighted by molar-refractivity contribution is -0.129. The van der Waals surface area contributed by atoms with E-state index < -0.39 is 11.7 Å². The van der Waals surface area contributed by atoms with E-state index in [1.807, 2.05) is 17.2 Å². The molecule has 114 valence electrons. The molecule has 6 nitrogen and oxygen atoms in total. The molecule has 0 bridgehead atoms. The van der Waals surface area contributed by atoms with Gasteiger partial charge in [0.15, 0.2) is 0 Å². The van der Waals surface area contributed by atoms with Crippen molar-refractivity contribution >= 4 is 11.8 Å². The maximum Gasteiger partial charge on any atom is 0.265 e. The highest BCUT2D eigenvalue weighted by Crippen LogP contribution is 2.17. The van der Waals surface area contributed by atoms with Crippen LogP contribution in [0.2, 0.25) is 0 Å². The number of hydrogen-bond acceptors (Lipinski definition) is 4. The average molecular weight is 294 g/mol. The molecule has 4 N–H and O–H groups in total. The standard InChI is InChI=1S/C14H19FN4O2/c1-2-12-14(21)17-5-6-19(12)8-10-7-9(13(20)18-16)3-4-11(10)15/h3-4,7,12H,2,5-6,8,16H2,1H3,(H,17,21)(H,18,20). The van der Waals surface area contributed by atoms with Gasteiger partial charge in [0.25, 0.3) is 5.91 Å². The lowest BCUT2D eigenvalue weighted by Gasteiger charge is -2.34. The van der Waals surface area contributed by atoms with Crippen molar-refractivity contribution in [1.82, 2.24) is 15.6 Å². The second-order valence-electron chi connectivity index (χ2n) is 4.97. The molecular weight excluding hydrogens is 275 g/mol. The topological polar surface area (TPSA) is 87.5 Å². The van der Waals surface area contributed by atoms with E-state index in [2.05, 4.69) is 5.32 Å². The first-order chi connectivity index (χ1) is 10.1. The number of amides is 2. The SMILES string of the molecule is CCC1C(=O)NCCN1Cc1cc(C(=O)NN)ccc1F. The molecule has 1 fully saturated rings. The summed E-state index contributed by atoms with van der Waals surface area (Å²) in [5.74, 6) is 4.17. The molecule has 1 atom stereocenters. The summed E-state index contributed by atoms with van der Waals surface area (Å²) in [6.07, 6.45) is 0.649. The number of halogens is 1. The lowest BCUT2D eigenvalue weighted by Crippen LogP contribution is -2.54. The van der Waals surface area contributed by atoms with Crippen LogP contribution in [-0.4, -0.2) is 35.8 Å². The number of carbonyl (C=O) groups excluding carboxylic acids is 2. The third kappa shape index (κ3) is 3.37. The maximum atomic E-state index is 13.9. The van der Waals surface area contributed by atoms with Crippen molar-refractivity contribution in [2.75, 3.05) is 13.1 Å². The number of nitrogens with one attached hydrogen (secondary N) is 2. The molecule has 0 spiro atoms. The largest absolute Gasteiger partial charge is 0.353 e. The van der Waals surface area contributed by atoms with Crippen LogP contribution in [0.25, 0.3) is 0 Å². The van der Waals surface area contributed by atoms with Crippen LogP contribution in [0, 0.1) is 5.82 Å². The minimum absolute atomic E-state index is 0.0417. The van der Waals surface area contributed by atoms with Gasteiger partial charge in [-0.3, -0.25) is 19.9 Å². The van der Waals surface area contributed by atoms with Crippen molar-refractivity contribution < 1.29 is 14.0 Å². The van der Waals surface area contributed by atoms with Crippen LogP contribution in [0.1, 0.15) is 29.3 Å². The lowest BCUT2D eigenvalue weighted by atomic mass is 10.1. The number of hydrogen-bond donors (Lipinski definition) is 3. The molecule has 2 amide bonds. The van der Waals surface area contributed by atoms with E-state index in [1.165, 1.54) is 18.2 Å². The molecule has 0 saturated carbocycles. The van der Waals surface area contributed by atoms with Crippen molar-refractivity contribution in [3.05, 3.63) is 35.1 Å². The number of nitrogens with zero attached hydrogens (tertiary/aromatic N) is 1. The minimum Gasteiger partial charge on any atom is -0.353 e. The number of nitrogens with two attached hydrogens (primary N) is 1. The van der Waals surface area contributed by atoms with Gasteiger partial charge in [-0.15, -0.1) is 0 Å². The minimum atomic E-state index is -0.473. The van der Waals surface area contributed by atoms with Gasteiger partial charge in [-0.05, 0) is 24.6 Å². The van der Waals surface area contributed by atoms with Gasteiger partial charge in [-0.2, -0.15) is 0 Å². The smallest absolute Gasteiger partial charge is 0.265 e. The first kappa shape index (κ1) is 15.4. The first-order valence-corrected chi connectivity index (χ1v) is 6.88. The Morgan fingerprint density at radius 1 is 1.57 bits per heavy atom. The second kappa shape index (κ2) is 6.64. The Balaban J connectivity index is 2.21. The Labute approximate surface area is 122 Å². The van der Waals surface area contributed by atoms with Crippen LogP contribution in [0.5, 0.6) is 0 Å². The molecule has 2 rings (SSSR count). The first-order valence-electron chi connectivity index (χ1n) is 6.88. The van der Waals surface area contributed by atoms with E-state index in [4.69, 9.17) is 5.84 Å². The molecule has 1 heterocycles. The van der Waals surface area contributed by atoms with E-state index in [0.29, 0.717) is 30.6 Å². The summed E-state index contributed by atoms with van der Waals surface area (Å²) in [5, 5.41) is 2.80. The Morgan fingerprint density at radius 2 is 2.33 bits per heavy atom. The van der Waals surface area contributed by atoms with Gasteiger partial charge in [0.1, 0.15) is 5.82 Å². The maximum absolute atomic E-state index is 13.9. The summed E-state index contributed by atoms with van der Waals surface area (Å²) in [6.45, 7) is 3.39. The Bertz CT molecular complexity index is 550.